The molecule has 0 N–H and O–H groups in total. The number of ether oxygens (including phenoxy) is 1. The molecule has 4 heteroatoms. The van der Waals surface area contributed by atoms with Crippen LogP contribution < -0.4 is 4.74 Å². The Morgan fingerprint density at radius 3 is 2.35 bits per heavy atom. The number of hydrogen-bond donors (Lipinski definition) is 0. The Bertz CT molecular complexity index is 818. The molecule has 26 heavy (non-hydrogen) atoms. The van der Waals surface area contributed by atoms with Gasteiger partial charge in [0.25, 0.3) is 5.91 Å². The molecule has 0 bridgehead atoms. The molecule has 0 aliphatic heterocycles. The summed E-state index contributed by atoms with van der Waals surface area (Å²) in [6, 6.07) is 23.1. The lowest BCUT2D eigenvalue weighted by molar-refractivity contribution is 0.0744. The van der Waals surface area contributed by atoms with Crippen molar-refractivity contribution in [3.8, 4) is 5.75 Å². The Labute approximate surface area is 154 Å². The van der Waals surface area contributed by atoms with Gasteiger partial charge in [0, 0.05) is 37.0 Å². The van der Waals surface area contributed by atoms with Crippen LogP contribution in [-0.4, -0.2) is 29.4 Å². The zero-order valence-corrected chi connectivity index (χ0v) is 14.8. The Morgan fingerprint density at radius 1 is 0.962 bits per heavy atom. The smallest absolute Gasteiger partial charge is 0.254 e. The van der Waals surface area contributed by atoms with Crippen molar-refractivity contribution in [3.63, 3.8) is 0 Å². The monoisotopic (exact) mass is 346 g/mol. The van der Waals surface area contributed by atoms with E-state index in [0.717, 1.165) is 23.4 Å². The fraction of sp³-hybridized carbons (Fsp3) is 0.182. The minimum Gasteiger partial charge on any atom is -0.497 e. The summed E-state index contributed by atoms with van der Waals surface area (Å²) in [5.74, 6) is 0.747. The molecule has 0 spiro atoms. The van der Waals surface area contributed by atoms with Gasteiger partial charge in [-0.05, 0) is 42.0 Å². The summed E-state index contributed by atoms with van der Waals surface area (Å²) in [4.78, 5) is 19.3. The first-order valence-corrected chi connectivity index (χ1v) is 8.63. The first kappa shape index (κ1) is 17.7. The van der Waals surface area contributed by atoms with E-state index in [2.05, 4.69) is 4.98 Å². The predicted molar refractivity (Wildman–Crippen MR) is 102 cm³/mol. The van der Waals surface area contributed by atoms with Crippen molar-refractivity contribution >= 4 is 5.91 Å². The van der Waals surface area contributed by atoms with Crippen LogP contribution in [0.4, 0.5) is 0 Å². The van der Waals surface area contributed by atoms with Crippen molar-refractivity contribution in [2.75, 3.05) is 13.7 Å². The second kappa shape index (κ2) is 8.81. The van der Waals surface area contributed by atoms with E-state index in [9.17, 15) is 4.79 Å². The highest BCUT2D eigenvalue weighted by Gasteiger charge is 2.16. The molecule has 0 aliphatic rings. The lowest BCUT2D eigenvalue weighted by atomic mass is 10.1. The largest absolute Gasteiger partial charge is 0.497 e. The van der Waals surface area contributed by atoms with Gasteiger partial charge >= 0.3 is 0 Å². The highest BCUT2D eigenvalue weighted by molar-refractivity contribution is 5.94. The first-order valence-electron chi connectivity index (χ1n) is 8.63. The average molecular weight is 346 g/mol. The number of carbonyl (C=O) groups is 1. The van der Waals surface area contributed by atoms with Crippen LogP contribution in [0.15, 0.2) is 79.0 Å². The topological polar surface area (TPSA) is 42.4 Å². The molecule has 0 unspecified atom stereocenters. The highest BCUT2D eigenvalue weighted by atomic mass is 16.5. The Balaban J connectivity index is 1.77. The number of pyridine rings is 1. The SMILES string of the molecule is COc1ccc(C(=O)N(CCc2ccccn2)Cc2ccccc2)cc1. The van der Waals surface area contributed by atoms with E-state index < -0.39 is 0 Å². The number of aromatic nitrogens is 1. The number of amides is 1. The second-order valence-electron chi connectivity index (χ2n) is 6.01. The van der Waals surface area contributed by atoms with Crippen molar-refractivity contribution in [3.05, 3.63) is 95.8 Å². The van der Waals surface area contributed by atoms with Gasteiger partial charge in [0.1, 0.15) is 5.75 Å². The number of benzene rings is 2. The minimum atomic E-state index is 0.00689. The van der Waals surface area contributed by atoms with Crippen LogP contribution in [0, 0.1) is 0 Å². The van der Waals surface area contributed by atoms with Crippen molar-refractivity contribution in [2.45, 2.75) is 13.0 Å². The van der Waals surface area contributed by atoms with Crippen LogP contribution >= 0.6 is 0 Å². The van der Waals surface area contributed by atoms with Crippen LogP contribution in [0.2, 0.25) is 0 Å². The third kappa shape index (κ3) is 4.70. The van der Waals surface area contributed by atoms with Crippen molar-refractivity contribution in [1.29, 1.82) is 0 Å². The lowest BCUT2D eigenvalue weighted by Gasteiger charge is -2.23. The van der Waals surface area contributed by atoms with Crippen LogP contribution in [0.25, 0.3) is 0 Å². The maximum atomic E-state index is 13.0. The minimum absolute atomic E-state index is 0.00689. The van der Waals surface area contributed by atoms with E-state index in [1.807, 2.05) is 65.6 Å². The Kier molecular flexibility index (Phi) is 5.99. The van der Waals surface area contributed by atoms with Gasteiger partial charge in [-0.1, -0.05) is 36.4 Å². The quantitative estimate of drug-likeness (QED) is 0.650. The molecule has 0 atom stereocenters. The number of methoxy groups -OCH3 is 1. The first-order chi connectivity index (χ1) is 12.8. The van der Waals surface area contributed by atoms with Gasteiger partial charge in [0.2, 0.25) is 0 Å². The molecule has 0 radical (unpaired) electrons. The summed E-state index contributed by atoms with van der Waals surface area (Å²) < 4.78 is 5.18. The second-order valence-corrected chi connectivity index (χ2v) is 6.01. The number of carbonyl (C=O) groups excluding carboxylic acids is 1. The van der Waals surface area contributed by atoms with E-state index in [0.29, 0.717) is 18.7 Å². The molecular formula is C22H22N2O2. The van der Waals surface area contributed by atoms with Crippen LogP contribution in [0.3, 0.4) is 0 Å². The molecule has 0 saturated carbocycles. The molecule has 2 aromatic carbocycles. The molecule has 0 aliphatic carbocycles. The third-order valence-corrected chi connectivity index (χ3v) is 4.20. The van der Waals surface area contributed by atoms with E-state index in [-0.39, 0.29) is 5.91 Å². The van der Waals surface area contributed by atoms with Gasteiger partial charge in [0.05, 0.1) is 7.11 Å². The normalized spacial score (nSPS) is 10.3. The summed E-state index contributed by atoms with van der Waals surface area (Å²) in [5.41, 5.74) is 2.74. The molecular weight excluding hydrogens is 324 g/mol. The summed E-state index contributed by atoms with van der Waals surface area (Å²) in [6.07, 6.45) is 2.50. The molecule has 1 amide bonds. The van der Waals surface area contributed by atoms with E-state index in [4.69, 9.17) is 4.74 Å². The molecule has 0 saturated heterocycles. The van der Waals surface area contributed by atoms with Gasteiger partial charge in [-0.15, -0.1) is 0 Å². The van der Waals surface area contributed by atoms with Gasteiger partial charge in [0.15, 0.2) is 0 Å². The molecule has 132 valence electrons. The van der Waals surface area contributed by atoms with Gasteiger partial charge in [-0.3, -0.25) is 9.78 Å². The number of nitrogens with zero attached hydrogens (tertiary/aromatic N) is 2. The van der Waals surface area contributed by atoms with Crippen LogP contribution in [-0.2, 0) is 13.0 Å². The molecule has 3 rings (SSSR count). The lowest BCUT2D eigenvalue weighted by Crippen LogP contribution is -2.32. The van der Waals surface area contributed by atoms with E-state index >= 15 is 0 Å². The molecule has 1 aromatic heterocycles. The third-order valence-electron chi connectivity index (χ3n) is 4.20. The summed E-state index contributed by atoms with van der Waals surface area (Å²) in [6.45, 7) is 1.18. The number of hydrogen-bond acceptors (Lipinski definition) is 3. The van der Waals surface area contributed by atoms with Crippen LogP contribution in [0.1, 0.15) is 21.6 Å². The van der Waals surface area contributed by atoms with Crippen molar-refractivity contribution in [1.82, 2.24) is 9.88 Å². The van der Waals surface area contributed by atoms with Crippen molar-refractivity contribution < 1.29 is 9.53 Å². The molecule has 0 fully saturated rings. The Morgan fingerprint density at radius 2 is 1.69 bits per heavy atom. The maximum absolute atomic E-state index is 13.0. The summed E-state index contributed by atoms with van der Waals surface area (Å²) in [5, 5.41) is 0. The molecule has 3 aromatic rings. The van der Waals surface area contributed by atoms with Crippen molar-refractivity contribution in [2.24, 2.45) is 0 Å². The van der Waals surface area contributed by atoms with E-state index in [1.54, 1.807) is 25.4 Å². The summed E-state index contributed by atoms with van der Waals surface area (Å²) in [7, 11) is 1.62. The zero-order chi connectivity index (χ0) is 18.2. The average Bonchev–Trinajstić information content (AvgIpc) is 2.72. The zero-order valence-electron chi connectivity index (χ0n) is 14.8. The fourth-order valence-electron chi connectivity index (χ4n) is 2.77. The van der Waals surface area contributed by atoms with Gasteiger partial charge < -0.3 is 9.64 Å². The highest BCUT2D eigenvalue weighted by Crippen LogP contribution is 2.15. The summed E-state index contributed by atoms with van der Waals surface area (Å²) >= 11 is 0. The maximum Gasteiger partial charge on any atom is 0.254 e. The number of rotatable bonds is 7. The fourth-order valence-corrected chi connectivity index (χ4v) is 2.77. The Hall–Kier alpha value is -3.14. The molecule has 1 heterocycles. The van der Waals surface area contributed by atoms with Crippen LogP contribution in [0.5, 0.6) is 5.75 Å². The molecule has 4 nitrogen and oxygen atoms in total. The van der Waals surface area contributed by atoms with Gasteiger partial charge in [-0.2, -0.15) is 0 Å². The van der Waals surface area contributed by atoms with Gasteiger partial charge in [-0.25, -0.2) is 0 Å². The predicted octanol–water partition coefficient (Wildman–Crippen LogP) is 3.98. The standard InChI is InChI=1S/C22H22N2O2/c1-26-21-12-10-19(11-13-21)22(25)24(17-18-7-3-2-4-8-18)16-14-20-9-5-6-15-23-20/h2-13,15H,14,16-17H2,1H3. The van der Waals surface area contributed by atoms with E-state index in [1.165, 1.54) is 0 Å².